The molecule has 0 unspecified atom stereocenters. The number of hydrogen-bond acceptors (Lipinski definition) is 3. The number of amides is 2. The Hall–Kier alpha value is -2.25. The van der Waals surface area contributed by atoms with Gasteiger partial charge in [-0.1, -0.05) is 12.1 Å². The minimum Gasteiger partial charge on any atom is -0.371 e. The molecule has 1 aliphatic rings. The van der Waals surface area contributed by atoms with Gasteiger partial charge in [0, 0.05) is 20.1 Å². The Morgan fingerprint density at radius 3 is 2.22 bits per heavy atom. The number of carbonyl (C=O) groups is 2. The summed E-state index contributed by atoms with van der Waals surface area (Å²) >= 11 is 0. The Kier molecular flexibility index (Phi) is 4.28. The number of fused-ring (bicyclic) bond motifs is 1. The van der Waals surface area contributed by atoms with Crippen molar-refractivity contribution in [3.63, 3.8) is 0 Å². The van der Waals surface area contributed by atoms with Gasteiger partial charge in [0.15, 0.2) is 0 Å². The summed E-state index contributed by atoms with van der Waals surface area (Å²) in [7, 11) is 1.87. The third-order valence-electron chi connectivity index (χ3n) is 3.71. The summed E-state index contributed by atoms with van der Waals surface area (Å²) in [5, 5.41) is 1.77. The number of halogens is 3. The van der Waals surface area contributed by atoms with Crippen molar-refractivity contribution in [1.29, 1.82) is 0 Å². The van der Waals surface area contributed by atoms with Crippen LogP contribution in [0.25, 0.3) is 0 Å². The van der Waals surface area contributed by atoms with E-state index in [1.165, 1.54) is 18.7 Å². The number of carbonyl (C=O) groups excluding carboxylic acids is 2. The lowest BCUT2D eigenvalue weighted by molar-refractivity contribution is -0.175. The van der Waals surface area contributed by atoms with Crippen LogP contribution in [-0.4, -0.2) is 43.7 Å². The third-order valence-corrected chi connectivity index (χ3v) is 3.71. The van der Waals surface area contributed by atoms with Gasteiger partial charge in [-0.3, -0.25) is 9.59 Å². The van der Waals surface area contributed by atoms with Crippen molar-refractivity contribution >= 4 is 23.2 Å². The first kappa shape index (κ1) is 17.1. The van der Waals surface area contributed by atoms with E-state index in [1.54, 1.807) is 17.4 Å². The minimum absolute atomic E-state index is 0.331. The molecule has 0 saturated heterocycles. The van der Waals surface area contributed by atoms with E-state index in [-0.39, 0.29) is 0 Å². The van der Waals surface area contributed by atoms with Gasteiger partial charge < -0.3 is 15.1 Å². The summed E-state index contributed by atoms with van der Waals surface area (Å²) in [6.45, 7) is 3.41. The lowest BCUT2D eigenvalue weighted by Crippen LogP contribution is -2.60. The first-order valence-electron chi connectivity index (χ1n) is 7.05. The molecule has 2 rings (SSSR count). The maximum absolute atomic E-state index is 12.7. The van der Waals surface area contributed by atoms with E-state index in [9.17, 15) is 22.8 Å². The SMILES string of the molecule is CN1CCN(C(=O)C(C)(C)NC(=O)C(F)(F)F)c2ccccc21. The molecule has 1 heterocycles. The summed E-state index contributed by atoms with van der Waals surface area (Å²) in [4.78, 5) is 27.2. The summed E-state index contributed by atoms with van der Waals surface area (Å²) in [5.74, 6) is -2.71. The first-order chi connectivity index (χ1) is 10.5. The second-order valence-electron chi connectivity index (χ2n) is 5.94. The highest BCUT2D eigenvalue weighted by molar-refractivity contribution is 6.04. The van der Waals surface area contributed by atoms with Gasteiger partial charge >= 0.3 is 12.1 Å². The topological polar surface area (TPSA) is 52.6 Å². The molecule has 0 fully saturated rings. The highest BCUT2D eigenvalue weighted by Crippen LogP contribution is 2.33. The second kappa shape index (κ2) is 5.75. The van der Waals surface area contributed by atoms with Crippen molar-refractivity contribution in [1.82, 2.24) is 5.32 Å². The summed E-state index contributed by atoms with van der Waals surface area (Å²) < 4.78 is 37.3. The number of benzene rings is 1. The molecule has 5 nitrogen and oxygen atoms in total. The largest absolute Gasteiger partial charge is 0.471 e. The van der Waals surface area contributed by atoms with E-state index >= 15 is 0 Å². The van der Waals surface area contributed by atoms with E-state index in [0.717, 1.165) is 5.69 Å². The van der Waals surface area contributed by atoms with Crippen LogP contribution < -0.4 is 15.1 Å². The molecule has 126 valence electrons. The van der Waals surface area contributed by atoms with Gasteiger partial charge in [0.25, 0.3) is 5.91 Å². The van der Waals surface area contributed by atoms with Crippen LogP contribution >= 0.6 is 0 Å². The fraction of sp³-hybridized carbons (Fsp3) is 0.467. The number of likely N-dealkylation sites (N-methyl/N-ethyl adjacent to an activating group) is 1. The zero-order valence-electron chi connectivity index (χ0n) is 13.1. The molecule has 1 N–H and O–H groups in total. The van der Waals surface area contributed by atoms with Crippen LogP contribution in [0.2, 0.25) is 0 Å². The number of alkyl halides is 3. The van der Waals surface area contributed by atoms with Gasteiger partial charge in [-0.2, -0.15) is 13.2 Å². The smallest absolute Gasteiger partial charge is 0.371 e. The van der Waals surface area contributed by atoms with E-state index in [0.29, 0.717) is 18.8 Å². The molecular formula is C15H18F3N3O2. The van der Waals surface area contributed by atoms with Crippen molar-refractivity contribution in [2.45, 2.75) is 25.6 Å². The van der Waals surface area contributed by atoms with Crippen LogP contribution in [0.15, 0.2) is 24.3 Å². The Labute approximate surface area is 132 Å². The fourth-order valence-electron chi connectivity index (χ4n) is 2.46. The van der Waals surface area contributed by atoms with Crippen molar-refractivity contribution in [2.75, 3.05) is 29.9 Å². The predicted octanol–water partition coefficient (Wildman–Crippen LogP) is 1.93. The molecule has 0 saturated carbocycles. The van der Waals surface area contributed by atoms with Crippen LogP contribution in [0.4, 0.5) is 24.5 Å². The van der Waals surface area contributed by atoms with Gasteiger partial charge in [-0.25, -0.2) is 0 Å². The van der Waals surface area contributed by atoms with Gasteiger partial charge in [0.1, 0.15) is 5.54 Å². The van der Waals surface area contributed by atoms with Gasteiger partial charge in [0.05, 0.1) is 11.4 Å². The molecule has 1 aromatic carbocycles. The number of nitrogens with one attached hydrogen (secondary N) is 1. The molecule has 0 bridgehead atoms. The van der Waals surface area contributed by atoms with E-state index in [4.69, 9.17) is 0 Å². The molecule has 8 heteroatoms. The van der Waals surface area contributed by atoms with Crippen LogP contribution in [0.5, 0.6) is 0 Å². The van der Waals surface area contributed by atoms with Crippen molar-refractivity contribution in [3.05, 3.63) is 24.3 Å². The molecular weight excluding hydrogens is 311 g/mol. The summed E-state index contributed by atoms with van der Waals surface area (Å²) in [5.41, 5.74) is -0.249. The summed E-state index contributed by atoms with van der Waals surface area (Å²) in [6, 6.07) is 7.13. The van der Waals surface area contributed by atoms with Crippen LogP contribution in [0.3, 0.4) is 0 Å². The molecule has 0 aromatic heterocycles. The Balaban J connectivity index is 2.27. The average molecular weight is 329 g/mol. The molecule has 0 spiro atoms. The van der Waals surface area contributed by atoms with Gasteiger partial charge in [-0.15, -0.1) is 0 Å². The highest BCUT2D eigenvalue weighted by atomic mass is 19.4. The number of nitrogens with zero attached hydrogens (tertiary/aromatic N) is 2. The van der Waals surface area contributed by atoms with Crippen molar-refractivity contribution in [3.8, 4) is 0 Å². The molecule has 0 aliphatic carbocycles. The highest BCUT2D eigenvalue weighted by Gasteiger charge is 2.45. The van der Waals surface area contributed by atoms with Crippen molar-refractivity contribution < 1.29 is 22.8 Å². The summed E-state index contributed by atoms with van der Waals surface area (Å²) in [6.07, 6.45) is -5.03. The van der Waals surface area contributed by atoms with Crippen LogP contribution in [-0.2, 0) is 9.59 Å². The fourth-order valence-corrected chi connectivity index (χ4v) is 2.46. The van der Waals surface area contributed by atoms with E-state index in [1.807, 2.05) is 24.1 Å². The number of hydrogen-bond donors (Lipinski definition) is 1. The second-order valence-corrected chi connectivity index (χ2v) is 5.94. The van der Waals surface area contributed by atoms with Crippen LogP contribution in [0.1, 0.15) is 13.8 Å². The maximum atomic E-state index is 12.7. The normalized spacial score (nSPS) is 15.2. The Morgan fingerprint density at radius 2 is 1.65 bits per heavy atom. The first-order valence-corrected chi connectivity index (χ1v) is 7.05. The van der Waals surface area contributed by atoms with E-state index in [2.05, 4.69) is 0 Å². The minimum atomic E-state index is -5.03. The zero-order valence-corrected chi connectivity index (χ0v) is 13.1. The molecule has 0 radical (unpaired) electrons. The number of para-hydroxylation sites is 2. The molecule has 23 heavy (non-hydrogen) atoms. The van der Waals surface area contributed by atoms with Crippen molar-refractivity contribution in [2.24, 2.45) is 0 Å². The molecule has 1 aromatic rings. The average Bonchev–Trinajstić information content (AvgIpc) is 2.46. The lowest BCUT2D eigenvalue weighted by Gasteiger charge is -2.39. The lowest BCUT2D eigenvalue weighted by atomic mass is 10.0. The predicted molar refractivity (Wildman–Crippen MR) is 80.3 cm³/mol. The maximum Gasteiger partial charge on any atom is 0.471 e. The molecule has 0 atom stereocenters. The van der Waals surface area contributed by atoms with Gasteiger partial charge in [0.2, 0.25) is 0 Å². The van der Waals surface area contributed by atoms with Crippen LogP contribution in [0, 0.1) is 0 Å². The zero-order chi connectivity index (χ0) is 17.4. The quantitative estimate of drug-likeness (QED) is 0.902. The number of rotatable bonds is 2. The van der Waals surface area contributed by atoms with E-state index < -0.39 is 23.5 Å². The molecule has 2 amide bonds. The third kappa shape index (κ3) is 3.40. The monoisotopic (exact) mass is 329 g/mol. The van der Waals surface area contributed by atoms with Gasteiger partial charge in [-0.05, 0) is 26.0 Å². The Bertz CT molecular complexity index is 629. The Morgan fingerprint density at radius 1 is 1.09 bits per heavy atom. The number of anilines is 2. The molecule has 1 aliphatic heterocycles. The standard InChI is InChI=1S/C15H18F3N3O2/c1-14(2,19-12(22)15(16,17)18)13(23)21-9-8-20(3)10-6-4-5-7-11(10)21/h4-7H,8-9H2,1-3H3,(H,19,22).